The van der Waals surface area contributed by atoms with Crippen LogP contribution in [0.15, 0.2) is 18.2 Å². The Morgan fingerprint density at radius 2 is 1.58 bits per heavy atom. The Balaban J connectivity index is 2.82. The topological polar surface area (TPSA) is 46.6 Å². The van der Waals surface area contributed by atoms with Gasteiger partial charge in [-0.2, -0.15) is 13.2 Å². The number of hydrogen-bond donors (Lipinski definition) is 0. The minimum absolute atomic E-state index is 0.0873. The van der Waals surface area contributed by atoms with Crippen molar-refractivity contribution in [3.05, 3.63) is 29.3 Å². The SMILES string of the molecule is Cc1cc(C)cc(OC(=O)N(C)C(=O)C(F)(F)F)c1. The Morgan fingerprint density at radius 1 is 1.11 bits per heavy atom. The lowest BCUT2D eigenvalue weighted by atomic mass is 10.1. The zero-order valence-electron chi connectivity index (χ0n) is 10.5. The molecule has 0 aliphatic heterocycles. The molecule has 0 fully saturated rings. The van der Waals surface area contributed by atoms with Crippen LogP contribution in [-0.2, 0) is 4.79 Å². The van der Waals surface area contributed by atoms with E-state index in [-0.39, 0.29) is 10.6 Å². The van der Waals surface area contributed by atoms with Crippen molar-refractivity contribution in [3.63, 3.8) is 0 Å². The van der Waals surface area contributed by atoms with E-state index in [1.54, 1.807) is 13.8 Å². The molecule has 19 heavy (non-hydrogen) atoms. The number of halogens is 3. The molecule has 0 spiro atoms. The zero-order chi connectivity index (χ0) is 14.8. The molecule has 0 saturated carbocycles. The van der Waals surface area contributed by atoms with Gasteiger partial charge in [0.15, 0.2) is 0 Å². The Bertz CT molecular complexity index is 491. The monoisotopic (exact) mass is 275 g/mol. The van der Waals surface area contributed by atoms with Crippen LogP contribution in [0.4, 0.5) is 18.0 Å². The summed E-state index contributed by atoms with van der Waals surface area (Å²) in [4.78, 5) is 22.1. The predicted octanol–water partition coefficient (Wildman–Crippen LogP) is 2.82. The third-order valence-electron chi connectivity index (χ3n) is 2.22. The predicted molar refractivity (Wildman–Crippen MR) is 60.8 cm³/mol. The Hall–Kier alpha value is -2.05. The molecular weight excluding hydrogens is 263 g/mol. The van der Waals surface area contributed by atoms with Gasteiger partial charge in [-0.25, -0.2) is 9.69 Å². The standard InChI is InChI=1S/C12H12F3NO3/c1-7-4-8(2)6-9(5-7)19-11(18)16(3)10(17)12(13,14)15/h4-6H,1-3H3. The first-order chi connectivity index (χ1) is 8.61. The third kappa shape index (κ3) is 3.97. The van der Waals surface area contributed by atoms with Gasteiger partial charge in [0, 0.05) is 7.05 Å². The Kier molecular flexibility index (Phi) is 4.18. The van der Waals surface area contributed by atoms with Gasteiger partial charge in [-0.15, -0.1) is 0 Å². The summed E-state index contributed by atoms with van der Waals surface area (Å²) in [6, 6.07) is 4.77. The van der Waals surface area contributed by atoms with E-state index < -0.39 is 18.2 Å². The number of aryl methyl sites for hydroxylation is 2. The third-order valence-corrected chi connectivity index (χ3v) is 2.22. The van der Waals surface area contributed by atoms with Crippen molar-refractivity contribution in [1.29, 1.82) is 0 Å². The second-order valence-corrected chi connectivity index (χ2v) is 4.05. The van der Waals surface area contributed by atoms with Crippen LogP contribution in [0.3, 0.4) is 0 Å². The molecule has 104 valence electrons. The molecule has 0 atom stereocenters. The summed E-state index contributed by atoms with van der Waals surface area (Å²) in [6.07, 6.45) is -6.50. The van der Waals surface area contributed by atoms with Crippen LogP contribution in [0.1, 0.15) is 11.1 Å². The van der Waals surface area contributed by atoms with E-state index in [0.29, 0.717) is 7.05 Å². The van der Waals surface area contributed by atoms with Crippen LogP contribution in [0, 0.1) is 13.8 Å². The highest BCUT2D eigenvalue weighted by Gasteiger charge is 2.43. The van der Waals surface area contributed by atoms with Gasteiger partial charge in [0.2, 0.25) is 0 Å². The fourth-order valence-corrected chi connectivity index (χ4v) is 1.43. The zero-order valence-corrected chi connectivity index (χ0v) is 10.5. The molecule has 0 saturated heterocycles. The molecule has 2 amide bonds. The molecule has 1 aromatic rings. The van der Waals surface area contributed by atoms with Crippen LogP contribution in [-0.4, -0.2) is 30.1 Å². The molecule has 0 bridgehead atoms. The van der Waals surface area contributed by atoms with Crippen molar-refractivity contribution >= 4 is 12.0 Å². The van der Waals surface area contributed by atoms with Gasteiger partial charge in [-0.1, -0.05) is 6.07 Å². The number of nitrogens with zero attached hydrogens (tertiary/aromatic N) is 1. The Labute approximate surface area is 107 Å². The number of hydrogen-bond acceptors (Lipinski definition) is 3. The summed E-state index contributed by atoms with van der Waals surface area (Å²) in [5, 5.41) is 0. The minimum atomic E-state index is -5.11. The summed E-state index contributed by atoms with van der Waals surface area (Å²) in [7, 11) is 0.709. The fraction of sp³-hybridized carbons (Fsp3) is 0.333. The first-order valence-corrected chi connectivity index (χ1v) is 5.26. The molecule has 0 aromatic heterocycles. The molecular formula is C12H12F3NO3. The van der Waals surface area contributed by atoms with E-state index in [1.807, 2.05) is 6.07 Å². The first kappa shape index (κ1) is 15.0. The molecule has 7 heteroatoms. The second-order valence-electron chi connectivity index (χ2n) is 4.05. The molecule has 0 unspecified atom stereocenters. The van der Waals surface area contributed by atoms with Crippen LogP contribution < -0.4 is 4.74 Å². The smallest absolute Gasteiger partial charge is 0.410 e. The Morgan fingerprint density at radius 3 is 2.00 bits per heavy atom. The van der Waals surface area contributed by atoms with E-state index in [4.69, 9.17) is 4.74 Å². The van der Waals surface area contributed by atoms with E-state index in [1.165, 1.54) is 12.1 Å². The molecule has 0 heterocycles. The highest BCUT2D eigenvalue weighted by molar-refractivity contribution is 5.95. The van der Waals surface area contributed by atoms with E-state index in [9.17, 15) is 22.8 Å². The summed E-state index contributed by atoms with van der Waals surface area (Å²) >= 11 is 0. The highest BCUT2D eigenvalue weighted by Crippen LogP contribution is 2.20. The van der Waals surface area contributed by atoms with Gasteiger partial charge in [0.05, 0.1) is 0 Å². The minimum Gasteiger partial charge on any atom is -0.410 e. The van der Waals surface area contributed by atoms with Crippen molar-refractivity contribution in [2.75, 3.05) is 7.05 Å². The maximum Gasteiger partial charge on any atom is 0.471 e. The average molecular weight is 275 g/mol. The van der Waals surface area contributed by atoms with Crippen molar-refractivity contribution in [2.24, 2.45) is 0 Å². The van der Waals surface area contributed by atoms with Gasteiger partial charge < -0.3 is 4.74 Å². The molecule has 0 N–H and O–H groups in total. The van der Waals surface area contributed by atoms with Gasteiger partial charge in [0.25, 0.3) is 0 Å². The van der Waals surface area contributed by atoms with Crippen molar-refractivity contribution in [2.45, 2.75) is 20.0 Å². The quantitative estimate of drug-likeness (QED) is 0.791. The normalized spacial score (nSPS) is 11.1. The van der Waals surface area contributed by atoms with Crippen molar-refractivity contribution in [3.8, 4) is 5.75 Å². The summed E-state index contributed by atoms with van der Waals surface area (Å²) < 4.78 is 41.1. The first-order valence-electron chi connectivity index (χ1n) is 5.26. The summed E-state index contributed by atoms with van der Waals surface area (Å²) in [6.45, 7) is 3.49. The molecule has 4 nitrogen and oxygen atoms in total. The lowest BCUT2D eigenvalue weighted by molar-refractivity contribution is -0.181. The molecule has 0 aliphatic carbocycles. The van der Waals surface area contributed by atoms with Gasteiger partial charge in [-0.05, 0) is 37.1 Å². The second kappa shape index (κ2) is 5.29. The molecule has 1 rings (SSSR count). The highest BCUT2D eigenvalue weighted by atomic mass is 19.4. The number of ether oxygens (including phenoxy) is 1. The van der Waals surface area contributed by atoms with Gasteiger partial charge >= 0.3 is 18.2 Å². The molecule has 0 radical (unpaired) electrons. The fourth-order valence-electron chi connectivity index (χ4n) is 1.43. The van der Waals surface area contributed by atoms with E-state index >= 15 is 0 Å². The summed E-state index contributed by atoms with van der Waals surface area (Å²) in [5.74, 6) is -2.19. The van der Waals surface area contributed by atoms with Crippen LogP contribution in [0.2, 0.25) is 0 Å². The number of amides is 2. The average Bonchev–Trinajstić information content (AvgIpc) is 2.24. The van der Waals surface area contributed by atoms with E-state index in [0.717, 1.165) is 11.1 Å². The lowest BCUT2D eigenvalue weighted by Crippen LogP contribution is -2.43. The van der Waals surface area contributed by atoms with Gasteiger partial charge in [0.1, 0.15) is 5.75 Å². The van der Waals surface area contributed by atoms with E-state index in [2.05, 4.69) is 0 Å². The molecule has 0 aliphatic rings. The maximum atomic E-state index is 12.1. The largest absolute Gasteiger partial charge is 0.471 e. The number of benzene rings is 1. The summed E-state index contributed by atoms with van der Waals surface area (Å²) in [5.41, 5.74) is 1.57. The van der Waals surface area contributed by atoms with Crippen molar-refractivity contribution < 1.29 is 27.5 Å². The number of rotatable bonds is 1. The number of carbonyl (C=O) groups is 2. The number of carbonyl (C=O) groups excluding carboxylic acids is 2. The number of alkyl halides is 3. The van der Waals surface area contributed by atoms with Gasteiger partial charge in [-0.3, -0.25) is 4.79 Å². The molecule has 1 aromatic carbocycles. The number of imide groups is 1. The maximum absolute atomic E-state index is 12.1. The van der Waals surface area contributed by atoms with Crippen molar-refractivity contribution in [1.82, 2.24) is 4.90 Å². The van der Waals surface area contributed by atoms with Crippen LogP contribution >= 0.6 is 0 Å². The van der Waals surface area contributed by atoms with Crippen LogP contribution in [0.25, 0.3) is 0 Å². The van der Waals surface area contributed by atoms with Crippen LogP contribution in [0.5, 0.6) is 5.75 Å². The lowest BCUT2D eigenvalue weighted by Gasteiger charge is -2.16.